The van der Waals surface area contributed by atoms with E-state index in [0.29, 0.717) is 12.0 Å². The van der Waals surface area contributed by atoms with Crippen LogP contribution in [-0.4, -0.2) is 19.2 Å². The molecule has 2 aliphatic heterocycles. The number of rotatable bonds is 1. The predicted octanol–water partition coefficient (Wildman–Crippen LogP) is 2.56. The van der Waals surface area contributed by atoms with E-state index in [0.717, 1.165) is 26.1 Å². The monoisotopic (exact) mass is 253 g/mol. The number of benzene rings is 1. The van der Waals surface area contributed by atoms with Crippen LogP contribution in [0.25, 0.3) is 0 Å². The maximum Gasteiger partial charge on any atom is 0.0784 e. The van der Waals surface area contributed by atoms with Gasteiger partial charge in [-0.2, -0.15) is 0 Å². The zero-order valence-corrected chi connectivity index (χ0v) is 11.3. The average Bonchev–Trinajstić information content (AvgIpc) is 2.77. The highest BCUT2D eigenvalue weighted by molar-refractivity contribution is 5.85. The van der Waals surface area contributed by atoms with E-state index in [1.165, 1.54) is 22.3 Å². The van der Waals surface area contributed by atoms with Gasteiger partial charge in [0.1, 0.15) is 0 Å². The predicted molar refractivity (Wildman–Crippen MR) is 72.0 cm³/mol. The number of fused-ring (bicyclic) bond motifs is 3. The van der Waals surface area contributed by atoms with E-state index in [2.05, 4.69) is 31.3 Å². The lowest BCUT2D eigenvalue weighted by molar-refractivity contribution is 0.0295. The van der Waals surface area contributed by atoms with Gasteiger partial charge in [0, 0.05) is 19.0 Å². The first-order valence-electron chi connectivity index (χ1n) is 6.24. The third-order valence-corrected chi connectivity index (χ3v) is 3.98. The average molecular weight is 254 g/mol. The highest BCUT2D eigenvalue weighted by Gasteiger charge is 2.34. The lowest BCUT2D eigenvalue weighted by atomic mass is 9.85. The molecule has 94 valence electrons. The fourth-order valence-electron chi connectivity index (χ4n) is 2.98. The minimum Gasteiger partial charge on any atom is -0.372 e. The van der Waals surface area contributed by atoms with Gasteiger partial charge in [0.15, 0.2) is 0 Å². The van der Waals surface area contributed by atoms with Crippen LogP contribution < -0.4 is 5.32 Å². The highest BCUT2D eigenvalue weighted by Crippen LogP contribution is 2.35. The van der Waals surface area contributed by atoms with Gasteiger partial charge in [0.2, 0.25) is 0 Å². The van der Waals surface area contributed by atoms with Crippen LogP contribution in [-0.2, 0) is 17.8 Å². The molecule has 0 saturated carbocycles. The van der Waals surface area contributed by atoms with Crippen LogP contribution in [0.5, 0.6) is 0 Å². The van der Waals surface area contributed by atoms with Crippen LogP contribution in [0.4, 0.5) is 0 Å². The van der Waals surface area contributed by atoms with Gasteiger partial charge in [-0.05, 0) is 35.6 Å². The number of hydrogen-bond donors (Lipinski definition) is 1. The largest absolute Gasteiger partial charge is 0.372 e. The van der Waals surface area contributed by atoms with Gasteiger partial charge in [-0.3, -0.25) is 0 Å². The molecule has 0 spiro atoms. The van der Waals surface area contributed by atoms with Crippen molar-refractivity contribution in [1.29, 1.82) is 0 Å². The quantitative estimate of drug-likeness (QED) is 0.831. The summed E-state index contributed by atoms with van der Waals surface area (Å²) < 4.78 is 5.92. The standard InChI is InChI=1S/C14H19NO.ClH/c1-3-10-4-9(2)13-8-16-14-7-15-6-12(14)11(13)5-10;/h4-5,12,14-15H,3,6-8H2,1-2H3;1H/t12-,14-;/m0./s1. The second kappa shape index (κ2) is 4.97. The molecule has 0 aromatic heterocycles. The summed E-state index contributed by atoms with van der Waals surface area (Å²) in [6.45, 7) is 7.33. The first-order valence-corrected chi connectivity index (χ1v) is 6.24. The van der Waals surface area contributed by atoms with Crippen LogP contribution in [0, 0.1) is 6.92 Å². The van der Waals surface area contributed by atoms with Crippen LogP contribution in [0.15, 0.2) is 12.1 Å². The minimum atomic E-state index is 0. The Labute approximate surface area is 109 Å². The lowest BCUT2D eigenvalue weighted by Crippen LogP contribution is -2.27. The van der Waals surface area contributed by atoms with Crippen molar-refractivity contribution < 1.29 is 4.74 Å². The second-order valence-electron chi connectivity index (χ2n) is 4.95. The molecule has 2 nitrogen and oxygen atoms in total. The second-order valence-corrected chi connectivity index (χ2v) is 4.95. The summed E-state index contributed by atoms with van der Waals surface area (Å²) in [6, 6.07) is 4.71. The summed E-state index contributed by atoms with van der Waals surface area (Å²) in [4.78, 5) is 0. The number of halogens is 1. The summed E-state index contributed by atoms with van der Waals surface area (Å²) in [5.41, 5.74) is 5.84. The SMILES string of the molecule is CCc1cc(C)c2c(c1)[C@@H]1CNC[C@@H]1OC2.Cl. The Morgan fingerprint density at radius 1 is 1.35 bits per heavy atom. The van der Waals surface area contributed by atoms with Gasteiger partial charge < -0.3 is 10.1 Å². The fraction of sp³-hybridized carbons (Fsp3) is 0.571. The minimum absolute atomic E-state index is 0. The first-order chi connectivity index (χ1) is 7.79. The molecule has 1 N–H and O–H groups in total. The number of nitrogens with one attached hydrogen (secondary N) is 1. The van der Waals surface area contributed by atoms with E-state index in [9.17, 15) is 0 Å². The van der Waals surface area contributed by atoms with Crippen LogP contribution >= 0.6 is 12.4 Å². The molecule has 3 rings (SSSR count). The summed E-state index contributed by atoms with van der Waals surface area (Å²) in [7, 11) is 0. The molecule has 0 unspecified atom stereocenters. The van der Waals surface area contributed by atoms with Crippen molar-refractivity contribution >= 4 is 12.4 Å². The van der Waals surface area contributed by atoms with Crippen molar-refractivity contribution in [3.05, 3.63) is 34.4 Å². The third-order valence-electron chi connectivity index (χ3n) is 3.98. The van der Waals surface area contributed by atoms with E-state index in [4.69, 9.17) is 4.74 Å². The normalized spacial score (nSPS) is 26.0. The lowest BCUT2D eigenvalue weighted by Gasteiger charge is -2.29. The van der Waals surface area contributed by atoms with E-state index < -0.39 is 0 Å². The molecule has 17 heavy (non-hydrogen) atoms. The number of ether oxygens (including phenoxy) is 1. The Bertz CT molecular complexity index is 419. The molecule has 0 aliphatic carbocycles. The van der Waals surface area contributed by atoms with Crippen LogP contribution in [0.3, 0.4) is 0 Å². The molecule has 0 amide bonds. The van der Waals surface area contributed by atoms with Crippen molar-refractivity contribution in [3.8, 4) is 0 Å². The van der Waals surface area contributed by atoms with Crippen molar-refractivity contribution in [3.63, 3.8) is 0 Å². The maximum absolute atomic E-state index is 5.92. The number of hydrogen-bond acceptors (Lipinski definition) is 2. The topological polar surface area (TPSA) is 21.3 Å². The van der Waals surface area contributed by atoms with Gasteiger partial charge in [0.25, 0.3) is 0 Å². The van der Waals surface area contributed by atoms with E-state index in [1.54, 1.807) is 0 Å². The van der Waals surface area contributed by atoms with Gasteiger partial charge in [0.05, 0.1) is 12.7 Å². The van der Waals surface area contributed by atoms with Gasteiger partial charge in [-0.25, -0.2) is 0 Å². The Kier molecular flexibility index (Phi) is 3.76. The Hall–Kier alpha value is -0.570. The molecular formula is C14H20ClNO. The Balaban J connectivity index is 0.00000108. The van der Waals surface area contributed by atoms with Gasteiger partial charge in [-0.15, -0.1) is 12.4 Å². The number of aryl methyl sites for hydroxylation is 2. The van der Waals surface area contributed by atoms with Crippen molar-refractivity contribution in [2.45, 2.75) is 38.9 Å². The van der Waals surface area contributed by atoms with Crippen molar-refractivity contribution in [2.24, 2.45) is 0 Å². The molecule has 1 aromatic rings. The molecule has 1 aromatic carbocycles. The molecule has 2 aliphatic rings. The maximum atomic E-state index is 5.92. The molecule has 2 atom stereocenters. The molecular weight excluding hydrogens is 234 g/mol. The van der Waals surface area contributed by atoms with E-state index >= 15 is 0 Å². The molecule has 1 saturated heterocycles. The summed E-state index contributed by atoms with van der Waals surface area (Å²) >= 11 is 0. The molecule has 0 radical (unpaired) electrons. The smallest absolute Gasteiger partial charge is 0.0784 e. The first kappa shape index (κ1) is 12.9. The van der Waals surface area contributed by atoms with Crippen molar-refractivity contribution in [1.82, 2.24) is 5.32 Å². The Morgan fingerprint density at radius 3 is 2.94 bits per heavy atom. The van der Waals surface area contributed by atoms with Crippen molar-refractivity contribution in [2.75, 3.05) is 13.1 Å². The zero-order chi connectivity index (χ0) is 11.1. The summed E-state index contributed by atoms with van der Waals surface area (Å²) in [5, 5.41) is 3.44. The van der Waals surface area contributed by atoms with Crippen LogP contribution in [0.1, 0.15) is 35.1 Å². The fourth-order valence-corrected chi connectivity index (χ4v) is 2.98. The summed E-state index contributed by atoms with van der Waals surface area (Å²) in [5.74, 6) is 0.578. The van der Waals surface area contributed by atoms with Gasteiger partial charge >= 0.3 is 0 Å². The molecule has 2 heterocycles. The van der Waals surface area contributed by atoms with Gasteiger partial charge in [-0.1, -0.05) is 19.1 Å². The summed E-state index contributed by atoms with van der Waals surface area (Å²) in [6.07, 6.45) is 1.53. The molecule has 1 fully saturated rings. The van der Waals surface area contributed by atoms with E-state index in [1.807, 2.05) is 0 Å². The van der Waals surface area contributed by atoms with E-state index in [-0.39, 0.29) is 12.4 Å². The molecule has 3 heteroatoms. The Morgan fingerprint density at radius 2 is 2.18 bits per heavy atom. The zero-order valence-electron chi connectivity index (χ0n) is 10.5. The molecule has 0 bridgehead atoms. The third kappa shape index (κ3) is 2.10. The van der Waals surface area contributed by atoms with Crippen LogP contribution in [0.2, 0.25) is 0 Å². The highest BCUT2D eigenvalue weighted by atomic mass is 35.5.